The van der Waals surface area contributed by atoms with Crippen molar-refractivity contribution in [1.82, 2.24) is 25.2 Å². The molecule has 39 heavy (non-hydrogen) atoms. The Morgan fingerprint density at radius 2 is 1.72 bits per heavy atom. The van der Waals surface area contributed by atoms with Crippen LogP contribution >= 0.6 is 0 Å². The van der Waals surface area contributed by atoms with Gasteiger partial charge >= 0.3 is 12.3 Å². The third-order valence-electron chi connectivity index (χ3n) is 6.99. The Balaban J connectivity index is 1.56. The van der Waals surface area contributed by atoms with Crippen LogP contribution < -0.4 is 10.6 Å². The highest BCUT2D eigenvalue weighted by molar-refractivity contribution is 5.76. The van der Waals surface area contributed by atoms with Crippen molar-refractivity contribution in [2.45, 2.75) is 102 Å². The maximum absolute atomic E-state index is 13.9. The van der Waals surface area contributed by atoms with Crippen LogP contribution in [-0.2, 0) is 9.53 Å². The van der Waals surface area contributed by atoms with Gasteiger partial charge in [-0.2, -0.15) is 18.3 Å². The van der Waals surface area contributed by atoms with Gasteiger partial charge in [-0.05, 0) is 69.9 Å². The van der Waals surface area contributed by atoms with Gasteiger partial charge in [0.1, 0.15) is 5.60 Å². The Morgan fingerprint density at radius 3 is 2.31 bits per heavy atom. The summed E-state index contributed by atoms with van der Waals surface area (Å²) in [5.74, 6) is -3.65. The second-order valence-corrected chi connectivity index (χ2v) is 11.6. The third kappa shape index (κ3) is 8.25. The SMILES string of the molecule is CC(C)(C)OC(=O)N[C@H](c1cn2ncc(C(NC(=O)CCC(F)(F)F)C3CC3)cc2n1)C1CCC(F)(F)CC1. The Labute approximate surface area is 223 Å². The van der Waals surface area contributed by atoms with Gasteiger partial charge in [0.2, 0.25) is 11.8 Å². The van der Waals surface area contributed by atoms with Crippen molar-refractivity contribution in [3.05, 3.63) is 29.7 Å². The van der Waals surface area contributed by atoms with Crippen molar-refractivity contribution in [1.29, 1.82) is 0 Å². The standard InChI is InChI=1S/C26H34F5N5O3/c1-24(2,3)39-23(38)35-22(16-6-9-25(27,28)10-7-16)18-14-36-19(33-18)12-17(13-32-36)21(15-4-5-15)34-20(37)8-11-26(29,30)31/h12-16,21-22H,4-11H2,1-3H3,(H,34,37)(H,35,38)/t21?,22-/m0/s1. The zero-order valence-electron chi connectivity index (χ0n) is 22.2. The molecule has 0 saturated heterocycles. The lowest BCUT2D eigenvalue weighted by Crippen LogP contribution is -2.40. The van der Waals surface area contributed by atoms with E-state index in [4.69, 9.17) is 4.74 Å². The number of nitrogens with zero attached hydrogens (tertiary/aromatic N) is 3. The molecule has 2 aromatic heterocycles. The summed E-state index contributed by atoms with van der Waals surface area (Å²) in [6, 6.07) is 0.505. The molecule has 4 rings (SSSR count). The summed E-state index contributed by atoms with van der Waals surface area (Å²) in [4.78, 5) is 29.5. The zero-order chi connectivity index (χ0) is 28.6. The van der Waals surface area contributed by atoms with Crippen LogP contribution in [0, 0.1) is 11.8 Å². The molecule has 0 aromatic carbocycles. The second-order valence-electron chi connectivity index (χ2n) is 11.6. The monoisotopic (exact) mass is 559 g/mol. The molecule has 2 saturated carbocycles. The van der Waals surface area contributed by atoms with E-state index < -0.39 is 54.6 Å². The molecule has 2 atom stereocenters. The molecule has 0 bridgehead atoms. The van der Waals surface area contributed by atoms with E-state index in [1.807, 2.05) is 0 Å². The number of hydrogen-bond acceptors (Lipinski definition) is 5. The molecule has 0 aliphatic heterocycles. The molecule has 1 unspecified atom stereocenters. The van der Waals surface area contributed by atoms with Crippen molar-refractivity contribution < 1.29 is 36.3 Å². The van der Waals surface area contributed by atoms with Gasteiger partial charge in [-0.1, -0.05) is 0 Å². The summed E-state index contributed by atoms with van der Waals surface area (Å²) in [7, 11) is 0. The zero-order valence-corrected chi connectivity index (χ0v) is 22.2. The summed E-state index contributed by atoms with van der Waals surface area (Å²) < 4.78 is 72.2. The molecule has 0 radical (unpaired) electrons. The topological polar surface area (TPSA) is 97.6 Å². The number of alkyl carbamates (subject to hydrolysis) is 1. The van der Waals surface area contributed by atoms with Gasteiger partial charge in [-0.15, -0.1) is 0 Å². The minimum absolute atomic E-state index is 0.0870. The van der Waals surface area contributed by atoms with Crippen LogP contribution in [0.2, 0.25) is 0 Å². The van der Waals surface area contributed by atoms with Crippen LogP contribution in [0.3, 0.4) is 0 Å². The van der Waals surface area contributed by atoms with E-state index in [0.29, 0.717) is 16.9 Å². The van der Waals surface area contributed by atoms with E-state index in [1.54, 1.807) is 33.0 Å². The van der Waals surface area contributed by atoms with Crippen LogP contribution in [0.5, 0.6) is 0 Å². The highest BCUT2D eigenvalue weighted by atomic mass is 19.4. The van der Waals surface area contributed by atoms with Crippen LogP contribution in [0.4, 0.5) is 26.7 Å². The van der Waals surface area contributed by atoms with Crippen molar-refractivity contribution >= 4 is 17.6 Å². The molecule has 2 heterocycles. The van der Waals surface area contributed by atoms with Crippen LogP contribution in [0.1, 0.15) is 95.5 Å². The van der Waals surface area contributed by atoms with Crippen molar-refractivity contribution in [2.75, 3.05) is 0 Å². The van der Waals surface area contributed by atoms with E-state index in [2.05, 4.69) is 20.7 Å². The third-order valence-corrected chi connectivity index (χ3v) is 6.99. The van der Waals surface area contributed by atoms with Crippen molar-refractivity contribution in [3.8, 4) is 0 Å². The molecular formula is C26H34F5N5O3. The van der Waals surface area contributed by atoms with Gasteiger partial charge in [0.15, 0.2) is 5.65 Å². The fraction of sp³-hybridized carbons (Fsp3) is 0.692. The van der Waals surface area contributed by atoms with Gasteiger partial charge in [0, 0.05) is 19.3 Å². The first-order valence-corrected chi connectivity index (χ1v) is 13.2. The second kappa shape index (κ2) is 10.9. The lowest BCUT2D eigenvalue weighted by atomic mass is 9.81. The van der Waals surface area contributed by atoms with E-state index in [0.717, 1.165) is 12.8 Å². The van der Waals surface area contributed by atoms with E-state index >= 15 is 0 Å². The fourth-order valence-electron chi connectivity index (χ4n) is 4.90. The molecule has 2 N–H and O–H groups in total. The van der Waals surface area contributed by atoms with E-state index in [-0.39, 0.29) is 37.5 Å². The summed E-state index contributed by atoms with van der Waals surface area (Å²) >= 11 is 0. The van der Waals surface area contributed by atoms with Gasteiger partial charge in [0.25, 0.3) is 0 Å². The number of fused-ring (bicyclic) bond motifs is 1. The Morgan fingerprint density at radius 1 is 1.08 bits per heavy atom. The number of alkyl halides is 5. The Hall–Kier alpha value is -2.99. The van der Waals surface area contributed by atoms with Crippen LogP contribution in [-0.4, -0.2) is 44.3 Å². The molecule has 2 amide bonds. The fourth-order valence-corrected chi connectivity index (χ4v) is 4.90. The number of hydrogen-bond donors (Lipinski definition) is 2. The highest BCUT2D eigenvalue weighted by Gasteiger charge is 2.40. The predicted octanol–water partition coefficient (Wildman–Crippen LogP) is 6.03. The van der Waals surface area contributed by atoms with Gasteiger partial charge in [-0.3, -0.25) is 4.79 Å². The average Bonchev–Trinajstić information content (AvgIpc) is 3.56. The first-order chi connectivity index (χ1) is 18.1. The Bertz CT molecular complexity index is 1180. The molecular weight excluding hydrogens is 525 g/mol. The number of nitrogens with one attached hydrogen (secondary N) is 2. The summed E-state index contributed by atoms with van der Waals surface area (Å²) in [5.41, 5.74) is 0.676. The number of imidazole rings is 1. The first kappa shape index (κ1) is 29.0. The predicted molar refractivity (Wildman–Crippen MR) is 131 cm³/mol. The van der Waals surface area contributed by atoms with E-state index in [9.17, 15) is 31.5 Å². The number of amides is 2. The van der Waals surface area contributed by atoms with Gasteiger partial charge in [0.05, 0.1) is 36.6 Å². The minimum atomic E-state index is -4.42. The molecule has 0 spiro atoms. The van der Waals surface area contributed by atoms with Crippen molar-refractivity contribution in [3.63, 3.8) is 0 Å². The maximum atomic E-state index is 13.9. The minimum Gasteiger partial charge on any atom is -0.444 e. The number of rotatable bonds is 8. The summed E-state index contributed by atoms with van der Waals surface area (Å²) in [6.45, 7) is 5.16. The van der Waals surface area contributed by atoms with Crippen LogP contribution in [0.15, 0.2) is 18.5 Å². The molecule has 2 aliphatic carbocycles. The van der Waals surface area contributed by atoms with Crippen LogP contribution in [0.25, 0.3) is 5.65 Å². The van der Waals surface area contributed by atoms with Gasteiger partial charge < -0.3 is 15.4 Å². The molecule has 2 aromatic rings. The number of aromatic nitrogens is 3. The van der Waals surface area contributed by atoms with E-state index in [1.165, 1.54) is 10.7 Å². The number of ether oxygens (including phenoxy) is 1. The summed E-state index contributed by atoms with van der Waals surface area (Å²) in [5, 5.41) is 9.89. The Kier molecular flexibility index (Phi) is 8.09. The first-order valence-electron chi connectivity index (χ1n) is 13.2. The van der Waals surface area contributed by atoms with Crippen molar-refractivity contribution in [2.24, 2.45) is 11.8 Å². The smallest absolute Gasteiger partial charge is 0.408 e. The largest absolute Gasteiger partial charge is 0.444 e. The normalized spacial score (nSPS) is 19.9. The number of halogens is 5. The number of carbonyl (C=O) groups is 2. The lowest BCUT2D eigenvalue weighted by molar-refractivity contribution is -0.144. The quantitative estimate of drug-likeness (QED) is 0.385. The van der Waals surface area contributed by atoms with Gasteiger partial charge in [-0.25, -0.2) is 23.1 Å². The molecule has 13 heteroatoms. The average molecular weight is 560 g/mol. The lowest BCUT2D eigenvalue weighted by Gasteiger charge is -2.33. The summed E-state index contributed by atoms with van der Waals surface area (Å²) in [6.07, 6.45) is -2.39. The molecule has 2 aliphatic rings. The molecule has 8 nitrogen and oxygen atoms in total. The molecule has 216 valence electrons. The maximum Gasteiger partial charge on any atom is 0.408 e. The number of carbonyl (C=O) groups excluding carboxylic acids is 2. The highest BCUT2D eigenvalue weighted by Crippen LogP contribution is 2.43. The molecule has 2 fully saturated rings.